The van der Waals surface area contributed by atoms with Gasteiger partial charge in [-0.3, -0.25) is 4.79 Å². The SMILES string of the molecule is CC(=O)O[C@H]1C[C@@H](C)O[C@H](O)[C@@H]1O. The maximum atomic E-state index is 10.6. The van der Waals surface area contributed by atoms with Crippen molar-refractivity contribution in [3.8, 4) is 0 Å². The van der Waals surface area contributed by atoms with Gasteiger partial charge in [0.2, 0.25) is 0 Å². The van der Waals surface area contributed by atoms with Gasteiger partial charge in [-0.05, 0) is 6.92 Å². The van der Waals surface area contributed by atoms with Gasteiger partial charge in [0, 0.05) is 13.3 Å². The zero-order valence-corrected chi connectivity index (χ0v) is 7.64. The molecule has 0 unspecified atom stereocenters. The lowest BCUT2D eigenvalue weighted by Gasteiger charge is -2.34. The van der Waals surface area contributed by atoms with Crippen LogP contribution in [-0.4, -0.2) is 40.8 Å². The molecule has 0 saturated carbocycles. The first-order valence-corrected chi connectivity index (χ1v) is 4.19. The van der Waals surface area contributed by atoms with E-state index in [2.05, 4.69) is 0 Å². The van der Waals surface area contributed by atoms with E-state index in [-0.39, 0.29) is 6.10 Å². The minimum Gasteiger partial charge on any atom is -0.459 e. The normalized spacial score (nSPS) is 40.0. The Morgan fingerprint density at radius 1 is 1.54 bits per heavy atom. The van der Waals surface area contributed by atoms with Gasteiger partial charge in [-0.15, -0.1) is 0 Å². The molecule has 1 heterocycles. The van der Waals surface area contributed by atoms with E-state index in [1.807, 2.05) is 0 Å². The highest BCUT2D eigenvalue weighted by Crippen LogP contribution is 2.21. The minimum atomic E-state index is -1.27. The number of hydrogen-bond acceptors (Lipinski definition) is 5. The standard InChI is InChI=1S/C8H14O5/c1-4-3-6(13-5(2)9)7(10)8(11)12-4/h4,6-8,10-11H,3H2,1-2H3/t4-,6+,7-,8+/m1/s1. The summed E-state index contributed by atoms with van der Waals surface area (Å²) < 4.78 is 9.74. The largest absolute Gasteiger partial charge is 0.459 e. The first-order chi connectivity index (χ1) is 6.00. The summed E-state index contributed by atoms with van der Waals surface area (Å²) in [4.78, 5) is 10.6. The molecule has 5 nitrogen and oxygen atoms in total. The van der Waals surface area contributed by atoms with Crippen LogP contribution in [0, 0.1) is 0 Å². The molecule has 1 saturated heterocycles. The lowest BCUT2D eigenvalue weighted by Crippen LogP contribution is -2.49. The van der Waals surface area contributed by atoms with Crippen LogP contribution in [0.3, 0.4) is 0 Å². The average molecular weight is 190 g/mol. The van der Waals surface area contributed by atoms with Gasteiger partial charge in [-0.2, -0.15) is 0 Å². The smallest absolute Gasteiger partial charge is 0.302 e. The van der Waals surface area contributed by atoms with Crippen LogP contribution >= 0.6 is 0 Å². The first-order valence-electron chi connectivity index (χ1n) is 4.19. The van der Waals surface area contributed by atoms with Crippen molar-refractivity contribution in [2.75, 3.05) is 0 Å². The van der Waals surface area contributed by atoms with E-state index in [0.29, 0.717) is 6.42 Å². The number of aliphatic hydroxyl groups excluding tert-OH is 2. The zero-order valence-electron chi connectivity index (χ0n) is 7.64. The van der Waals surface area contributed by atoms with Crippen molar-refractivity contribution in [2.24, 2.45) is 0 Å². The third kappa shape index (κ3) is 2.65. The predicted octanol–water partition coefficient (Wildman–Crippen LogP) is -0.594. The van der Waals surface area contributed by atoms with Crippen LogP contribution in [-0.2, 0) is 14.3 Å². The van der Waals surface area contributed by atoms with Crippen molar-refractivity contribution < 1.29 is 24.5 Å². The number of aliphatic hydroxyl groups is 2. The fourth-order valence-corrected chi connectivity index (χ4v) is 1.36. The second-order valence-corrected chi connectivity index (χ2v) is 3.21. The van der Waals surface area contributed by atoms with Crippen LogP contribution in [0.25, 0.3) is 0 Å². The Morgan fingerprint density at radius 3 is 2.69 bits per heavy atom. The fourth-order valence-electron chi connectivity index (χ4n) is 1.36. The van der Waals surface area contributed by atoms with E-state index in [1.165, 1.54) is 6.92 Å². The molecule has 1 aliphatic heterocycles. The van der Waals surface area contributed by atoms with Crippen LogP contribution in [0.15, 0.2) is 0 Å². The van der Waals surface area contributed by atoms with E-state index in [0.717, 1.165) is 0 Å². The summed E-state index contributed by atoms with van der Waals surface area (Å²) in [5.41, 5.74) is 0. The molecule has 0 radical (unpaired) electrons. The molecule has 1 aliphatic rings. The minimum absolute atomic E-state index is 0.220. The van der Waals surface area contributed by atoms with Gasteiger partial charge >= 0.3 is 5.97 Å². The molecular formula is C8H14O5. The topological polar surface area (TPSA) is 76.0 Å². The molecule has 1 rings (SSSR count). The molecule has 0 aromatic carbocycles. The highest BCUT2D eigenvalue weighted by Gasteiger charge is 2.36. The average Bonchev–Trinajstić information content (AvgIpc) is 1.98. The van der Waals surface area contributed by atoms with Crippen LogP contribution in [0.1, 0.15) is 20.3 Å². The van der Waals surface area contributed by atoms with Gasteiger partial charge in [0.25, 0.3) is 0 Å². The fraction of sp³-hybridized carbons (Fsp3) is 0.875. The van der Waals surface area contributed by atoms with Gasteiger partial charge in [0.05, 0.1) is 6.10 Å². The number of rotatable bonds is 1. The van der Waals surface area contributed by atoms with Crippen LogP contribution < -0.4 is 0 Å². The van der Waals surface area contributed by atoms with Gasteiger partial charge in [-0.1, -0.05) is 0 Å². The zero-order chi connectivity index (χ0) is 10.0. The molecule has 0 aliphatic carbocycles. The summed E-state index contributed by atoms with van der Waals surface area (Å²) in [6.45, 7) is 3.00. The van der Waals surface area contributed by atoms with Crippen molar-refractivity contribution in [3.63, 3.8) is 0 Å². The molecule has 0 bridgehead atoms. The molecule has 1 fully saturated rings. The highest BCUT2D eigenvalue weighted by molar-refractivity contribution is 5.66. The Morgan fingerprint density at radius 2 is 2.15 bits per heavy atom. The summed E-state index contributed by atoms with van der Waals surface area (Å²) in [5.74, 6) is -0.467. The van der Waals surface area contributed by atoms with Gasteiger partial charge < -0.3 is 19.7 Å². The Kier molecular flexibility index (Phi) is 3.24. The number of carbonyl (C=O) groups excluding carboxylic acids is 1. The molecule has 0 aromatic heterocycles. The first kappa shape index (κ1) is 10.4. The number of ether oxygens (including phenoxy) is 2. The predicted molar refractivity (Wildman–Crippen MR) is 42.7 cm³/mol. The van der Waals surface area contributed by atoms with Gasteiger partial charge in [0.1, 0.15) is 12.2 Å². The van der Waals surface area contributed by atoms with Crippen molar-refractivity contribution in [1.29, 1.82) is 0 Å². The lowest BCUT2D eigenvalue weighted by atomic mass is 10.0. The Hall–Kier alpha value is -0.650. The summed E-state index contributed by atoms with van der Waals surface area (Å²) in [6, 6.07) is 0. The van der Waals surface area contributed by atoms with Crippen molar-refractivity contribution in [2.45, 2.75) is 44.9 Å². The third-order valence-electron chi connectivity index (χ3n) is 1.93. The third-order valence-corrected chi connectivity index (χ3v) is 1.93. The van der Waals surface area contributed by atoms with Crippen molar-refractivity contribution >= 4 is 5.97 Å². The second-order valence-electron chi connectivity index (χ2n) is 3.21. The molecule has 0 spiro atoms. The Bertz CT molecular complexity index is 193. The van der Waals surface area contributed by atoms with Crippen LogP contribution in [0.5, 0.6) is 0 Å². The molecule has 76 valence electrons. The Labute approximate surface area is 76.3 Å². The molecule has 13 heavy (non-hydrogen) atoms. The molecule has 5 heteroatoms. The summed E-state index contributed by atoms with van der Waals surface area (Å²) in [6.07, 6.45) is -2.91. The van der Waals surface area contributed by atoms with Gasteiger partial charge in [-0.25, -0.2) is 0 Å². The monoisotopic (exact) mass is 190 g/mol. The van der Waals surface area contributed by atoms with E-state index in [4.69, 9.17) is 14.6 Å². The molecule has 0 aromatic rings. The van der Waals surface area contributed by atoms with Crippen molar-refractivity contribution in [1.82, 2.24) is 0 Å². The highest BCUT2D eigenvalue weighted by atomic mass is 16.6. The van der Waals surface area contributed by atoms with Crippen LogP contribution in [0.2, 0.25) is 0 Å². The van der Waals surface area contributed by atoms with E-state index in [1.54, 1.807) is 6.92 Å². The number of hydrogen-bond donors (Lipinski definition) is 2. The van der Waals surface area contributed by atoms with Crippen LogP contribution in [0.4, 0.5) is 0 Å². The molecule has 4 atom stereocenters. The van der Waals surface area contributed by atoms with E-state index in [9.17, 15) is 9.90 Å². The summed E-state index contributed by atoms with van der Waals surface area (Å²) >= 11 is 0. The number of esters is 1. The molecule has 0 amide bonds. The number of carbonyl (C=O) groups is 1. The summed E-state index contributed by atoms with van der Waals surface area (Å²) in [7, 11) is 0. The molecule has 2 N–H and O–H groups in total. The maximum absolute atomic E-state index is 10.6. The van der Waals surface area contributed by atoms with Crippen molar-refractivity contribution in [3.05, 3.63) is 0 Å². The lowest BCUT2D eigenvalue weighted by molar-refractivity contribution is -0.248. The second kappa shape index (κ2) is 4.04. The van der Waals surface area contributed by atoms with Gasteiger partial charge in [0.15, 0.2) is 6.29 Å². The van der Waals surface area contributed by atoms with E-state index < -0.39 is 24.5 Å². The molecular weight excluding hydrogens is 176 g/mol. The van der Waals surface area contributed by atoms with E-state index >= 15 is 0 Å². The Balaban J connectivity index is 2.55. The maximum Gasteiger partial charge on any atom is 0.302 e. The quantitative estimate of drug-likeness (QED) is 0.540. The summed E-state index contributed by atoms with van der Waals surface area (Å²) in [5, 5.41) is 18.5.